The molecule has 0 spiro atoms. The van der Waals surface area contributed by atoms with E-state index in [0.717, 1.165) is 38.5 Å². The van der Waals surface area contributed by atoms with E-state index in [9.17, 15) is 9.90 Å². The molecule has 0 aliphatic carbocycles. The van der Waals surface area contributed by atoms with Gasteiger partial charge in [0.1, 0.15) is 0 Å². The number of nitrogens with zero attached hydrogens (tertiary/aromatic N) is 1. The van der Waals surface area contributed by atoms with Gasteiger partial charge in [0.15, 0.2) is 0 Å². The predicted molar refractivity (Wildman–Crippen MR) is 137 cm³/mol. The summed E-state index contributed by atoms with van der Waals surface area (Å²) in [6.07, 6.45) is 3.91. The zero-order chi connectivity index (χ0) is 22.5. The molecule has 3 aromatic heterocycles. The van der Waals surface area contributed by atoms with E-state index in [1.165, 1.54) is 15.6 Å². The molecule has 0 saturated heterocycles. The van der Waals surface area contributed by atoms with Gasteiger partial charge in [0, 0.05) is 45.1 Å². The number of hydrogen-bond acceptors (Lipinski definition) is 2. The van der Waals surface area contributed by atoms with Crippen molar-refractivity contribution in [2.45, 2.75) is 13.0 Å². The van der Waals surface area contributed by atoms with Crippen LogP contribution in [0.3, 0.4) is 0 Å². The summed E-state index contributed by atoms with van der Waals surface area (Å²) in [5, 5.41) is 15.6. The van der Waals surface area contributed by atoms with Crippen LogP contribution in [0, 0.1) is 0 Å². The largest absolute Gasteiger partial charge is 0.481 e. The van der Waals surface area contributed by atoms with E-state index in [0.29, 0.717) is 11.6 Å². The molecule has 0 saturated carbocycles. The van der Waals surface area contributed by atoms with E-state index in [2.05, 4.69) is 51.3 Å². The van der Waals surface area contributed by atoms with Crippen molar-refractivity contribution in [3.05, 3.63) is 94.6 Å². The van der Waals surface area contributed by atoms with Gasteiger partial charge in [-0.1, -0.05) is 35.9 Å². The highest BCUT2D eigenvalue weighted by molar-refractivity contribution is 7.17. The van der Waals surface area contributed by atoms with Gasteiger partial charge in [-0.2, -0.15) is 0 Å². The highest BCUT2D eigenvalue weighted by Gasteiger charge is 2.15. The lowest BCUT2D eigenvalue weighted by Gasteiger charge is -2.08. The third-order valence-corrected chi connectivity index (χ3v) is 7.40. The summed E-state index contributed by atoms with van der Waals surface area (Å²) in [5.41, 5.74) is 6.33. The minimum Gasteiger partial charge on any atom is -0.481 e. The van der Waals surface area contributed by atoms with Crippen LogP contribution in [0.2, 0.25) is 5.02 Å². The highest BCUT2D eigenvalue weighted by atomic mass is 35.5. The molecule has 0 atom stereocenters. The minimum absolute atomic E-state index is 0.00645. The molecule has 2 N–H and O–H groups in total. The number of aliphatic carboxylic acids is 1. The number of thiophene rings is 1. The van der Waals surface area contributed by atoms with E-state index >= 15 is 0 Å². The second-order valence-corrected chi connectivity index (χ2v) is 9.61. The number of carbonyl (C=O) groups is 1. The van der Waals surface area contributed by atoms with Gasteiger partial charge in [-0.25, -0.2) is 0 Å². The Hall–Kier alpha value is -3.54. The van der Waals surface area contributed by atoms with Crippen LogP contribution in [0.4, 0.5) is 0 Å². The molecule has 33 heavy (non-hydrogen) atoms. The van der Waals surface area contributed by atoms with Crippen LogP contribution in [0.1, 0.15) is 11.1 Å². The summed E-state index contributed by atoms with van der Waals surface area (Å²) in [6.45, 7) is 0.648. The maximum absolute atomic E-state index is 11.5. The first kappa shape index (κ1) is 20.1. The normalized spacial score (nSPS) is 11.7. The van der Waals surface area contributed by atoms with Crippen LogP contribution in [0.25, 0.3) is 43.0 Å². The second kappa shape index (κ2) is 7.80. The fourth-order valence-electron chi connectivity index (χ4n) is 4.57. The van der Waals surface area contributed by atoms with E-state index < -0.39 is 5.97 Å². The van der Waals surface area contributed by atoms with Crippen LogP contribution in [0.15, 0.2) is 78.4 Å². The van der Waals surface area contributed by atoms with E-state index in [-0.39, 0.29) is 6.42 Å². The Bertz CT molecular complexity index is 1670. The topological polar surface area (TPSA) is 58.0 Å². The summed E-state index contributed by atoms with van der Waals surface area (Å²) in [7, 11) is 0. The van der Waals surface area contributed by atoms with Crippen LogP contribution < -0.4 is 0 Å². The van der Waals surface area contributed by atoms with Gasteiger partial charge in [0.05, 0.1) is 6.42 Å². The fourth-order valence-corrected chi connectivity index (χ4v) is 5.68. The van der Waals surface area contributed by atoms with Crippen molar-refractivity contribution in [3.63, 3.8) is 0 Å². The summed E-state index contributed by atoms with van der Waals surface area (Å²) < 4.78 is 3.35. The first-order valence-electron chi connectivity index (χ1n) is 10.6. The SMILES string of the molecule is O=C(O)Cc1cn(Cc2csc3ccc(Cl)cc23)c2cc(-c3ccc4cc[nH]c4c3)ccc12. The van der Waals surface area contributed by atoms with Gasteiger partial charge in [0.25, 0.3) is 0 Å². The molecule has 3 aromatic carbocycles. The molecule has 6 heteroatoms. The number of fused-ring (bicyclic) bond motifs is 3. The first-order chi connectivity index (χ1) is 16.0. The number of H-pyrrole nitrogens is 1. The number of aromatic nitrogens is 2. The zero-order valence-electron chi connectivity index (χ0n) is 17.5. The van der Waals surface area contributed by atoms with Crippen LogP contribution in [-0.2, 0) is 17.8 Å². The Morgan fingerprint density at radius 3 is 2.70 bits per heavy atom. The summed E-state index contributed by atoms with van der Waals surface area (Å²) in [5.74, 6) is -0.830. The lowest BCUT2D eigenvalue weighted by molar-refractivity contribution is -0.136. The monoisotopic (exact) mass is 470 g/mol. The third-order valence-electron chi connectivity index (χ3n) is 6.15. The van der Waals surface area contributed by atoms with Crippen LogP contribution in [0.5, 0.6) is 0 Å². The average Bonchev–Trinajstić information content (AvgIpc) is 3.51. The van der Waals surface area contributed by atoms with Crippen molar-refractivity contribution in [2.75, 3.05) is 0 Å². The molecule has 0 aliphatic heterocycles. The smallest absolute Gasteiger partial charge is 0.307 e. The molecule has 0 radical (unpaired) electrons. The quantitative estimate of drug-likeness (QED) is 0.277. The second-order valence-electron chi connectivity index (χ2n) is 8.27. The van der Waals surface area contributed by atoms with Gasteiger partial charge in [-0.05, 0) is 74.8 Å². The van der Waals surface area contributed by atoms with E-state index in [1.807, 2.05) is 36.7 Å². The number of aromatic amines is 1. The van der Waals surface area contributed by atoms with E-state index in [1.54, 1.807) is 11.3 Å². The molecule has 0 bridgehead atoms. The average molecular weight is 471 g/mol. The molecule has 3 heterocycles. The molecule has 6 rings (SSSR count). The van der Waals surface area contributed by atoms with E-state index in [4.69, 9.17) is 11.6 Å². The van der Waals surface area contributed by atoms with Crippen LogP contribution in [-0.4, -0.2) is 20.6 Å². The molecule has 4 nitrogen and oxygen atoms in total. The lowest BCUT2D eigenvalue weighted by atomic mass is 10.0. The minimum atomic E-state index is -0.830. The Morgan fingerprint density at radius 1 is 0.970 bits per heavy atom. The fraction of sp³-hybridized carbons (Fsp3) is 0.0741. The summed E-state index contributed by atoms with van der Waals surface area (Å²) in [4.78, 5) is 14.8. The third kappa shape index (κ3) is 3.59. The summed E-state index contributed by atoms with van der Waals surface area (Å²) in [6, 6.07) is 20.7. The van der Waals surface area contributed by atoms with Gasteiger partial charge in [-0.15, -0.1) is 11.3 Å². The van der Waals surface area contributed by atoms with Crippen molar-refractivity contribution >= 4 is 60.8 Å². The number of nitrogens with one attached hydrogen (secondary N) is 1. The van der Waals surface area contributed by atoms with Gasteiger partial charge in [-0.3, -0.25) is 4.79 Å². The Balaban J connectivity index is 1.49. The standard InChI is InChI=1S/C27H19ClN2O2S/c28-21-4-6-26-23(12-21)20(15-33-26)14-30-13-19(11-27(31)32)22-5-3-18(10-25(22)30)17-2-1-16-7-8-29-24(16)9-17/h1-10,12-13,15,29H,11,14H2,(H,31,32). The number of carboxylic acid groups (broad SMARTS) is 1. The maximum atomic E-state index is 11.5. The van der Waals surface area contributed by atoms with Gasteiger partial charge >= 0.3 is 5.97 Å². The number of benzene rings is 3. The molecule has 162 valence electrons. The lowest BCUT2D eigenvalue weighted by Crippen LogP contribution is -2.00. The zero-order valence-corrected chi connectivity index (χ0v) is 19.1. The number of hydrogen-bond donors (Lipinski definition) is 2. The Labute approximate surface area is 198 Å². The highest BCUT2D eigenvalue weighted by Crippen LogP contribution is 2.33. The first-order valence-corrected chi connectivity index (χ1v) is 11.9. The van der Waals surface area contributed by atoms with Gasteiger partial charge in [0.2, 0.25) is 0 Å². The molecule has 0 amide bonds. The van der Waals surface area contributed by atoms with Crippen molar-refractivity contribution in [3.8, 4) is 11.1 Å². The number of halogens is 1. The molecule has 6 aromatic rings. The summed E-state index contributed by atoms with van der Waals surface area (Å²) >= 11 is 7.96. The van der Waals surface area contributed by atoms with Crippen molar-refractivity contribution < 1.29 is 9.90 Å². The molecule has 0 unspecified atom stereocenters. The number of rotatable bonds is 5. The molecule has 0 aliphatic rings. The Kier molecular flexibility index (Phi) is 4.75. The van der Waals surface area contributed by atoms with Crippen molar-refractivity contribution in [1.29, 1.82) is 0 Å². The molecular formula is C27H19ClN2O2S. The number of carboxylic acids is 1. The predicted octanol–water partition coefficient (Wildman–Crippen LogP) is 7.33. The van der Waals surface area contributed by atoms with Gasteiger partial charge < -0.3 is 14.7 Å². The molecule has 0 fully saturated rings. The van der Waals surface area contributed by atoms with Crippen molar-refractivity contribution in [2.24, 2.45) is 0 Å². The van der Waals surface area contributed by atoms with Crippen LogP contribution >= 0.6 is 22.9 Å². The molecular weight excluding hydrogens is 452 g/mol. The van der Waals surface area contributed by atoms with Crippen molar-refractivity contribution in [1.82, 2.24) is 9.55 Å². The Morgan fingerprint density at radius 2 is 1.82 bits per heavy atom. The maximum Gasteiger partial charge on any atom is 0.307 e.